The van der Waals surface area contributed by atoms with Crippen LogP contribution in [0.4, 0.5) is 11.9 Å². The molecule has 0 radical (unpaired) electrons. The molecule has 0 aliphatic carbocycles. The Kier molecular flexibility index (Phi) is 11.3. The fourth-order valence-corrected chi connectivity index (χ4v) is 6.08. The van der Waals surface area contributed by atoms with E-state index in [9.17, 15) is 19.2 Å². The molecule has 19 heteroatoms. The fourth-order valence-electron chi connectivity index (χ4n) is 6.08. The quantitative estimate of drug-likeness (QED) is 0.105. The minimum Gasteiger partial charge on any atom is -0.453 e. The maximum Gasteiger partial charge on any atom is 0.355 e. The number of rotatable bonds is 11. The van der Waals surface area contributed by atoms with Gasteiger partial charge in [0, 0.05) is 66.5 Å². The smallest absolute Gasteiger partial charge is 0.355 e. The van der Waals surface area contributed by atoms with Crippen molar-refractivity contribution in [1.29, 1.82) is 0 Å². The molecule has 280 valence electrons. The molecule has 0 spiro atoms. The highest BCUT2D eigenvalue weighted by atomic mass is 16.6. The van der Waals surface area contributed by atoms with Crippen molar-refractivity contribution in [3.05, 3.63) is 20.7 Å². The van der Waals surface area contributed by atoms with Gasteiger partial charge < -0.3 is 34.6 Å². The van der Waals surface area contributed by atoms with Gasteiger partial charge in [-0.2, -0.15) is 19.9 Å². The van der Waals surface area contributed by atoms with Gasteiger partial charge in [-0.25, -0.2) is 9.59 Å². The molecule has 1 unspecified atom stereocenters. The number of esters is 2. The first-order valence-corrected chi connectivity index (χ1v) is 17.4. The molecule has 6 heterocycles. The molecule has 4 aromatic heterocycles. The van der Waals surface area contributed by atoms with Crippen molar-refractivity contribution in [2.24, 2.45) is 14.1 Å². The molecular formula is C34H42N12O7. The number of hydrogen-bond donors (Lipinski definition) is 2. The van der Waals surface area contributed by atoms with E-state index in [0.29, 0.717) is 38.1 Å². The van der Waals surface area contributed by atoms with Gasteiger partial charge in [-0.1, -0.05) is 18.8 Å². The number of anilines is 2. The van der Waals surface area contributed by atoms with Crippen molar-refractivity contribution < 1.29 is 23.8 Å². The van der Waals surface area contributed by atoms with E-state index in [4.69, 9.17) is 14.2 Å². The van der Waals surface area contributed by atoms with Crippen LogP contribution in [0.15, 0.2) is 9.59 Å². The molecule has 2 fully saturated rings. The number of piperazine rings is 2. The molecule has 0 amide bonds. The van der Waals surface area contributed by atoms with Crippen LogP contribution in [0.2, 0.25) is 0 Å². The highest BCUT2D eigenvalue weighted by molar-refractivity contribution is 5.88. The normalized spacial score (nSPS) is 15.0. The second-order valence-corrected chi connectivity index (χ2v) is 12.3. The minimum absolute atomic E-state index is 0.0840. The summed E-state index contributed by atoms with van der Waals surface area (Å²) in [4.78, 5) is 75.4. The van der Waals surface area contributed by atoms with Gasteiger partial charge in [-0.15, -0.1) is 11.8 Å². The summed E-state index contributed by atoms with van der Waals surface area (Å²) >= 11 is 0. The summed E-state index contributed by atoms with van der Waals surface area (Å²) in [6.45, 7) is 10.6. The zero-order chi connectivity index (χ0) is 37.6. The lowest BCUT2D eigenvalue weighted by atomic mass is 10.3. The Morgan fingerprint density at radius 3 is 1.70 bits per heavy atom. The number of carbonyl (C=O) groups excluding carboxylic acids is 2. The summed E-state index contributed by atoms with van der Waals surface area (Å²) in [5, 5.41) is 6.59. The first-order chi connectivity index (χ1) is 25.7. The molecule has 2 saturated heterocycles. The molecule has 2 N–H and O–H groups in total. The molecule has 6 rings (SSSR count). The predicted octanol–water partition coefficient (Wildman–Crippen LogP) is -1.25. The molecule has 4 aromatic rings. The van der Waals surface area contributed by atoms with Crippen LogP contribution in [0, 0.1) is 23.7 Å². The van der Waals surface area contributed by atoms with Crippen LogP contribution in [-0.4, -0.2) is 115 Å². The van der Waals surface area contributed by atoms with E-state index in [0.717, 1.165) is 30.7 Å². The molecule has 0 saturated carbocycles. The molecule has 0 aromatic carbocycles. The zero-order valence-electron chi connectivity index (χ0n) is 30.4. The summed E-state index contributed by atoms with van der Waals surface area (Å²) in [6, 6.07) is -0.365. The highest BCUT2D eigenvalue weighted by Crippen LogP contribution is 2.23. The number of fused-ring (bicyclic) bond motifs is 2. The van der Waals surface area contributed by atoms with Crippen LogP contribution in [0.3, 0.4) is 0 Å². The van der Waals surface area contributed by atoms with Crippen molar-refractivity contribution in [2.45, 2.75) is 46.4 Å². The molecule has 19 nitrogen and oxygen atoms in total. The molecule has 0 bridgehead atoms. The van der Waals surface area contributed by atoms with Crippen LogP contribution >= 0.6 is 0 Å². The molecule has 2 aliphatic rings. The predicted molar refractivity (Wildman–Crippen MR) is 194 cm³/mol. The molecular weight excluding hydrogens is 688 g/mol. The van der Waals surface area contributed by atoms with E-state index in [1.165, 1.54) is 18.7 Å². The summed E-state index contributed by atoms with van der Waals surface area (Å²) in [5.41, 5.74) is -0.111. The Bertz CT molecular complexity index is 2270. The Morgan fingerprint density at radius 1 is 0.755 bits per heavy atom. The van der Waals surface area contributed by atoms with Gasteiger partial charge in [-0.05, 0) is 20.3 Å². The first kappa shape index (κ1) is 36.9. The monoisotopic (exact) mass is 730 g/mol. The van der Waals surface area contributed by atoms with E-state index in [1.54, 1.807) is 29.9 Å². The Labute approximate surface area is 304 Å². The average molecular weight is 731 g/mol. The number of imidazole rings is 2. The van der Waals surface area contributed by atoms with Crippen LogP contribution in [-0.2, 0) is 41.5 Å². The Hall–Kier alpha value is -5.92. The molecule has 53 heavy (non-hydrogen) atoms. The van der Waals surface area contributed by atoms with Crippen LogP contribution < -0.4 is 41.0 Å². The maximum atomic E-state index is 13.6. The second-order valence-electron chi connectivity index (χ2n) is 12.3. The second kappa shape index (κ2) is 16.2. The van der Waals surface area contributed by atoms with E-state index < -0.39 is 35.8 Å². The lowest BCUT2D eigenvalue weighted by Crippen LogP contribution is -2.44. The van der Waals surface area contributed by atoms with Crippen molar-refractivity contribution in [1.82, 2.24) is 48.8 Å². The number of carbonyl (C=O) groups is 2. The van der Waals surface area contributed by atoms with E-state index in [-0.39, 0.29) is 53.9 Å². The van der Waals surface area contributed by atoms with Crippen LogP contribution in [0.5, 0.6) is 12.0 Å². The van der Waals surface area contributed by atoms with E-state index in [1.807, 2.05) is 0 Å². The van der Waals surface area contributed by atoms with Gasteiger partial charge >= 0.3 is 24.0 Å². The topological polar surface area (TPSA) is 198 Å². The summed E-state index contributed by atoms with van der Waals surface area (Å²) in [7, 11) is 2.92. The van der Waals surface area contributed by atoms with Crippen molar-refractivity contribution >= 4 is 46.2 Å². The van der Waals surface area contributed by atoms with E-state index >= 15 is 0 Å². The molecule has 1 atom stereocenters. The summed E-state index contributed by atoms with van der Waals surface area (Å²) < 4.78 is 22.3. The zero-order valence-corrected chi connectivity index (χ0v) is 30.4. The third-order valence-electron chi connectivity index (χ3n) is 8.89. The maximum absolute atomic E-state index is 13.6. The van der Waals surface area contributed by atoms with Crippen LogP contribution in [0.25, 0.3) is 22.3 Å². The number of ether oxygens (including phenoxy) is 3. The van der Waals surface area contributed by atoms with Gasteiger partial charge in [0.2, 0.25) is 11.9 Å². The third-order valence-corrected chi connectivity index (χ3v) is 8.89. The van der Waals surface area contributed by atoms with Crippen molar-refractivity contribution in [3.63, 3.8) is 0 Å². The SMILES string of the molecule is CC#CCn1c(N2CCNCC2)nc2nc(OCC(=O)OC(=O)C(CC)Oc3nc4nc(N5CCNCC5)n(CC#CC)c4c(=O)n3C)n(C)c(=O)c21. The number of hydrogen-bond acceptors (Lipinski definition) is 15. The first-order valence-electron chi connectivity index (χ1n) is 17.4. The number of aromatic nitrogens is 8. The van der Waals surface area contributed by atoms with Crippen molar-refractivity contribution in [2.75, 3.05) is 68.8 Å². The fraction of sp³-hybridized carbons (Fsp3) is 0.529. The van der Waals surface area contributed by atoms with Gasteiger partial charge in [0.05, 0.1) is 13.1 Å². The number of nitrogens with one attached hydrogen (secondary N) is 2. The van der Waals surface area contributed by atoms with Crippen molar-refractivity contribution in [3.8, 4) is 35.7 Å². The standard InChI is InChI=1S/C34H42N12O7/c1-6-9-15-45-24-26(37-31(45)43-17-11-35-12-18-43)39-33(41(4)28(24)48)51-21-23(47)53-30(50)22(8-3)52-34-40-27-25(29(49)42(34)5)46(16-10-7-2)32(38-27)44-19-13-36-14-20-44/h22,35-36H,8,11-21H2,1-5H3. The Morgan fingerprint density at radius 2 is 1.23 bits per heavy atom. The highest BCUT2D eigenvalue weighted by Gasteiger charge is 2.29. The van der Waals surface area contributed by atoms with Gasteiger partial charge in [0.25, 0.3) is 11.1 Å². The molecule has 2 aliphatic heterocycles. The Balaban J connectivity index is 1.17. The van der Waals surface area contributed by atoms with Gasteiger partial charge in [0.15, 0.2) is 35.0 Å². The number of nitrogens with zero attached hydrogens (tertiary/aromatic N) is 10. The minimum atomic E-state index is -1.30. The van der Waals surface area contributed by atoms with E-state index in [2.05, 4.69) is 64.1 Å². The lowest BCUT2D eigenvalue weighted by molar-refractivity contribution is -0.166. The van der Waals surface area contributed by atoms with Gasteiger partial charge in [-0.3, -0.25) is 27.9 Å². The summed E-state index contributed by atoms with van der Waals surface area (Å²) in [5.74, 6) is 10.8. The third kappa shape index (κ3) is 7.52. The van der Waals surface area contributed by atoms with Gasteiger partial charge in [0.1, 0.15) is 0 Å². The average Bonchev–Trinajstić information content (AvgIpc) is 3.73. The van der Waals surface area contributed by atoms with Crippen LogP contribution in [0.1, 0.15) is 27.2 Å². The largest absolute Gasteiger partial charge is 0.453 e. The summed E-state index contributed by atoms with van der Waals surface area (Å²) in [6.07, 6.45) is -1.21. The lowest BCUT2D eigenvalue weighted by Gasteiger charge is -2.28.